The van der Waals surface area contributed by atoms with Gasteiger partial charge in [0.05, 0.1) is 6.10 Å². The van der Waals surface area contributed by atoms with Crippen LogP contribution in [0.3, 0.4) is 0 Å². The molecular weight excluding hydrogens is 326 g/mol. The minimum absolute atomic E-state index is 0.0133. The van der Waals surface area contributed by atoms with Gasteiger partial charge >= 0.3 is 0 Å². The van der Waals surface area contributed by atoms with Crippen molar-refractivity contribution in [3.05, 3.63) is 23.3 Å². The number of rotatable bonds is 7. The first-order chi connectivity index (χ1) is 12.3. The van der Waals surface area contributed by atoms with E-state index in [4.69, 9.17) is 9.47 Å². The zero-order valence-electron chi connectivity index (χ0n) is 17.3. The van der Waals surface area contributed by atoms with Crippen molar-refractivity contribution in [2.45, 2.75) is 85.4 Å². The molecule has 26 heavy (non-hydrogen) atoms. The molecule has 0 aromatic heterocycles. The molecule has 0 heterocycles. The molecule has 2 rings (SSSR count). The molecule has 1 atom stereocenters. The van der Waals surface area contributed by atoms with Crippen molar-refractivity contribution in [3.63, 3.8) is 0 Å². The molecule has 1 aliphatic carbocycles. The highest BCUT2D eigenvalue weighted by molar-refractivity contribution is 5.97. The molecule has 1 amide bonds. The van der Waals surface area contributed by atoms with Gasteiger partial charge in [-0.15, -0.1) is 0 Å². The van der Waals surface area contributed by atoms with Gasteiger partial charge in [-0.3, -0.25) is 4.79 Å². The molecule has 1 unspecified atom stereocenters. The highest BCUT2D eigenvalue weighted by Gasteiger charge is 2.41. The number of aryl methyl sites for hydroxylation is 2. The summed E-state index contributed by atoms with van der Waals surface area (Å²) in [5.74, 6) is 1.57. The summed E-state index contributed by atoms with van der Waals surface area (Å²) in [6, 6.07) is 3.99. The van der Waals surface area contributed by atoms with Crippen LogP contribution in [-0.4, -0.2) is 24.2 Å². The van der Waals surface area contributed by atoms with Crippen LogP contribution in [0.2, 0.25) is 0 Å². The van der Waals surface area contributed by atoms with E-state index in [9.17, 15) is 4.79 Å². The largest absolute Gasteiger partial charge is 0.490 e. The Labute approximate surface area is 158 Å². The van der Waals surface area contributed by atoms with E-state index in [0.717, 1.165) is 54.7 Å². The summed E-state index contributed by atoms with van der Waals surface area (Å²) in [4.78, 5) is 13.1. The summed E-state index contributed by atoms with van der Waals surface area (Å²) in [5, 5.41) is 3.11. The van der Waals surface area contributed by atoms with Gasteiger partial charge in [-0.1, -0.05) is 13.8 Å². The summed E-state index contributed by atoms with van der Waals surface area (Å²) in [6.45, 7) is 13.0. The fourth-order valence-corrected chi connectivity index (χ4v) is 3.68. The van der Waals surface area contributed by atoms with Crippen LogP contribution in [0, 0.1) is 19.8 Å². The van der Waals surface area contributed by atoms with Gasteiger partial charge in [0, 0.05) is 12.3 Å². The highest BCUT2D eigenvalue weighted by Crippen LogP contribution is 2.36. The SMILES string of the molecule is CCOC1(C(=O)Nc2cc(C)c(OC(C)CC)c(C)c2)CCC(C)CC1. The van der Waals surface area contributed by atoms with Gasteiger partial charge in [-0.05, 0) is 89.0 Å². The first-order valence-electron chi connectivity index (χ1n) is 10.0. The Balaban J connectivity index is 2.17. The predicted molar refractivity (Wildman–Crippen MR) is 107 cm³/mol. The van der Waals surface area contributed by atoms with E-state index >= 15 is 0 Å². The molecule has 1 fully saturated rings. The Kier molecular flexibility index (Phi) is 7.10. The molecule has 1 N–H and O–H groups in total. The zero-order valence-corrected chi connectivity index (χ0v) is 17.3. The topological polar surface area (TPSA) is 47.6 Å². The van der Waals surface area contributed by atoms with Crippen LogP contribution >= 0.6 is 0 Å². The second kappa shape index (κ2) is 8.90. The van der Waals surface area contributed by atoms with Gasteiger partial charge in [0.15, 0.2) is 0 Å². The number of amides is 1. The summed E-state index contributed by atoms with van der Waals surface area (Å²) in [7, 11) is 0. The second-order valence-electron chi connectivity index (χ2n) is 7.84. The van der Waals surface area contributed by atoms with Crippen molar-refractivity contribution in [1.29, 1.82) is 0 Å². The molecule has 0 bridgehead atoms. The number of carbonyl (C=O) groups excluding carboxylic acids is 1. The minimum Gasteiger partial charge on any atom is -0.490 e. The van der Waals surface area contributed by atoms with Crippen molar-refractivity contribution in [2.24, 2.45) is 5.92 Å². The van der Waals surface area contributed by atoms with Crippen molar-refractivity contribution in [2.75, 3.05) is 11.9 Å². The van der Waals surface area contributed by atoms with Crippen molar-refractivity contribution in [3.8, 4) is 5.75 Å². The Bertz CT molecular complexity index is 595. The third-order valence-electron chi connectivity index (χ3n) is 5.53. The number of anilines is 1. The molecule has 4 nitrogen and oxygen atoms in total. The standard InChI is InChI=1S/C22H35NO3/c1-7-18(6)26-20-16(4)13-19(14-17(20)5)23-21(24)22(25-8-2)11-9-15(3)10-12-22/h13-15,18H,7-12H2,1-6H3,(H,23,24). The lowest BCUT2D eigenvalue weighted by molar-refractivity contribution is -0.146. The van der Waals surface area contributed by atoms with Gasteiger partial charge in [-0.25, -0.2) is 0 Å². The maximum absolute atomic E-state index is 13.1. The van der Waals surface area contributed by atoms with Crippen molar-refractivity contribution >= 4 is 11.6 Å². The van der Waals surface area contributed by atoms with Gasteiger partial charge < -0.3 is 14.8 Å². The molecule has 0 saturated heterocycles. The Morgan fingerprint density at radius 3 is 2.31 bits per heavy atom. The molecule has 1 aromatic rings. The van der Waals surface area contributed by atoms with Gasteiger partial charge in [0.1, 0.15) is 11.4 Å². The summed E-state index contributed by atoms with van der Waals surface area (Å²) >= 11 is 0. The molecular formula is C22H35NO3. The van der Waals surface area contributed by atoms with E-state index in [0.29, 0.717) is 12.5 Å². The van der Waals surface area contributed by atoms with E-state index in [1.165, 1.54) is 0 Å². The number of ether oxygens (including phenoxy) is 2. The van der Waals surface area contributed by atoms with E-state index in [1.807, 2.05) is 32.9 Å². The fourth-order valence-electron chi connectivity index (χ4n) is 3.68. The molecule has 4 heteroatoms. The highest BCUT2D eigenvalue weighted by atomic mass is 16.5. The normalized spacial score (nSPS) is 24.2. The molecule has 146 valence electrons. The molecule has 0 aliphatic heterocycles. The Hall–Kier alpha value is -1.55. The van der Waals surface area contributed by atoms with E-state index < -0.39 is 5.60 Å². The van der Waals surface area contributed by atoms with E-state index in [2.05, 4.69) is 26.1 Å². The average Bonchev–Trinajstić information content (AvgIpc) is 2.60. The molecule has 1 saturated carbocycles. The van der Waals surface area contributed by atoms with Crippen LogP contribution in [0.15, 0.2) is 12.1 Å². The smallest absolute Gasteiger partial charge is 0.256 e. The van der Waals surface area contributed by atoms with E-state index in [-0.39, 0.29) is 12.0 Å². The first-order valence-corrected chi connectivity index (χ1v) is 10.0. The van der Waals surface area contributed by atoms with Crippen LogP contribution in [0.5, 0.6) is 5.75 Å². The molecule has 1 aromatic carbocycles. The summed E-state index contributed by atoms with van der Waals surface area (Å²) in [5.41, 5.74) is 2.22. The van der Waals surface area contributed by atoms with Crippen molar-refractivity contribution in [1.82, 2.24) is 0 Å². The molecule has 0 spiro atoms. The number of hydrogen-bond donors (Lipinski definition) is 1. The number of nitrogens with one attached hydrogen (secondary N) is 1. The third kappa shape index (κ3) is 4.79. The monoisotopic (exact) mass is 361 g/mol. The van der Waals surface area contributed by atoms with Crippen LogP contribution in [0.4, 0.5) is 5.69 Å². The van der Waals surface area contributed by atoms with Crippen LogP contribution in [-0.2, 0) is 9.53 Å². The second-order valence-corrected chi connectivity index (χ2v) is 7.84. The molecule has 0 radical (unpaired) electrons. The number of carbonyl (C=O) groups is 1. The van der Waals surface area contributed by atoms with Gasteiger partial charge in [0.2, 0.25) is 0 Å². The lowest BCUT2D eigenvalue weighted by Gasteiger charge is -2.37. The quantitative estimate of drug-likeness (QED) is 0.707. The lowest BCUT2D eigenvalue weighted by Crippen LogP contribution is -2.48. The zero-order chi connectivity index (χ0) is 19.3. The maximum atomic E-state index is 13.1. The maximum Gasteiger partial charge on any atom is 0.256 e. The first kappa shape index (κ1) is 20.8. The van der Waals surface area contributed by atoms with Crippen LogP contribution < -0.4 is 10.1 Å². The summed E-state index contributed by atoms with van der Waals surface area (Å²) < 4.78 is 12.0. The predicted octanol–water partition coefficient (Wildman–Crippen LogP) is 5.40. The Morgan fingerprint density at radius 1 is 1.23 bits per heavy atom. The van der Waals surface area contributed by atoms with Crippen molar-refractivity contribution < 1.29 is 14.3 Å². The van der Waals surface area contributed by atoms with Crippen LogP contribution in [0.1, 0.15) is 70.9 Å². The summed E-state index contributed by atoms with van der Waals surface area (Å²) in [6.07, 6.45) is 4.80. The van der Waals surface area contributed by atoms with Gasteiger partial charge in [-0.2, -0.15) is 0 Å². The molecule has 1 aliphatic rings. The minimum atomic E-state index is -0.686. The van der Waals surface area contributed by atoms with Crippen LogP contribution in [0.25, 0.3) is 0 Å². The Morgan fingerprint density at radius 2 is 1.81 bits per heavy atom. The third-order valence-corrected chi connectivity index (χ3v) is 5.53. The number of benzene rings is 1. The lowest BCUT2D eigenvalue weighted by atomic mass is 9.78. The van der Waals surface area contributed by atoms with Gasteiger partial charge in [0.25, 0.3) is 5.91 Å². The average molecular weight is 362 g/mol. The van der Waals surface area contributed by atoms with E-state index in [1.54, 1.807) is 0 Å². The fraction of sp³-hybridized carbons (Fsp3) is 0.682. The number of hydrogen-bond acceptors (Lipinski definition) is 3.